The number of benzene rings is 2. The van der Waals surface area contributed by atoms with Crippen molar-refractivity contribution >= 4 is 34.6 Å². The Bertz CT molecular complexity index is 1070. The van der Waals surface area contributed by atoms with Gasteiger partial charge in [-0.3, -0.25) is 4.79 Å². The number of para-hydroxylation sites is 1. The summed E-state index contributed by atoms with van der Waals surface area (Å²) < 4.78 is 0. The SMILES string of the molecule is O=C1Nc2c(C3=CC=CC=CN3)cccc2C1=Cc1ccc(NCC(O)CO)cc1. The Hall–Kier alpha value is -3.61. The van der Waals surface area contributed by atoms with Crippen LogP contribution in [0.2, 0.25) is 0 Å². The van der Waals surface area contributed by atoms with Crippen molar-refractivity contribution in [1.82, 2.24) is 5.32 Å². The van der Waals surface area contributed by atoms with Gasteiger partial charge in [-0.15, -0.1) is 0 Å². The number of carbonyl (C=O) groups excluding carboxylic acids is 1. The van der Waals surface area contributed by atoms with Gasteiger partial charge in [0.2, 0.25) is 0 Å². The van der Waals surface area contributed by atoms with Gasteiger partial charge in [0.1, 0.15) is 0 Å². The van der Waals surface area contributed by atoms with Gasteiger partial charge in [-0.1, -0.05) is 42.5 Å². The minimum Gasteiger partial charge on any atom is -0.394 e. The van der Waals surface area contributed by atoms with Crippen LogP contribution in [0.5, 0.6) is 0 Å². The molecule has 0 aliphatic carbocycles. The topological polar surface area (TPSA) is 93.6 Å². The number of aliphatic hydroxyl groups excluding tert-OH is 2. The predicted octanol–water partition coefficient (Wildman–Crippen LogP) is 2.96. The molecule has 1 unspecified atom stereocenters. The zero-order chi connectivity index (χ0) is 20.9. The van der Waals surface area contributed by atoms with Crippen LogP contribution >= 0.6 is 0 Å². The fraction of sp³-hybridized carbons (Fsp3) is 0.125. The monoisotopic (exact) mass is 401 g/mol. The van der Waals surface area contributed by atoms with Crippen molar-refractivity contribution in [3.05, 3.63) is 89.7 Å². The summed E-state index contributed by atoms with van der Waals surface area (Å²) in [6.07, 6.45) is 10.7. The molecule has 1 atom stereocenters. The number of nitrogens with one attached hydrogen (secondary N) is 3. The Morgan fingerprint density at radius 3 is 2.63 bits per heavy atom. The first-order chi connectivity index (χ1) is 14.7. The third-order valence-electron chi connectivity index (χ3n) is 4.92. The third kappa shape index (κ3) is 4.20. The third-order valence-corrected chi connectivity index (χ3v) is 4.92. The van der Waals surface area contributed by atoms with Gasteiger partial charge in [0.15, 0.2) is 0 Å². The molecule has 0 saturated heterocycles. The number of hydrogen-bond acceptors (Lipinski definition) is 5. The molecule has 0 bridgehead atoms. The van der Waals surface area contributed by atoms with Crippen LogP contribution in [0.4, 0.5) is 11.4 Å². The number of aliphatic hydroxyl groups is 2. The van der Waals surface area contributed by atoms with E-state index in [1.165, 1.54) is 0 Å². The summed E-state index contributed by atoms with van der Waals surface area (Å²) in [6, 6.07) is 13.4. The zero-order valence-corrected chi connectivity index (χ0v) is 16.3. The number of rotatable bonds is 6. The van der Waals surface area contributed by atoms with Crippen LogP contribution in [-0.4, -0.2) is 35.4 Å². The number of carbonyl (C=O) groups is 1. The van der Waals surface area contributed by atoms with E-state index >= 15 is 0 Å². The predicted molar refractivity (Wildman–Crippen MR) is 120 cm³/mol. The number of allylic oxidation sites excluding steroid dienone is 4. The van der Waals surface area contributed by atoms with Crippen LogP contribution in [0.1, 0.15) is 16.7 Å². The maximum atomic E-state index is 12.7. The Morgan fingerprint density at radius 1 is 1.03 bits per heavy atom. The second-order valence-electron chi connectivity index (χ2n) is 7.05. The lowest BCUT2D eigenvalue weighted by Crippen LogP contribution is -2.22. The van der Waals surface area contributed by atoms with Crippen molar-refractivity contribution in [1.29, 1.82) is 0 Å². The van der Waals surface area contributed by atoms with Gasteiger partial charge in [-0.05, 0) is 35.9 Å². The standard InChI is InChI=1S/C24H23N3O3/c28-15-18(29)14-26-17-10-8-16(9-11-17)13-21-19-5-4-6-20(23(19)27-24(21)30)22-7-2-1-3-12-25-22/h1-13,18,25-26,28-29H,14-15H2,(H,27,30). The summed E-state index contributed by atoms with van der Waals surface area (Å²) in [6.45, 7) is -0.0174. The molecule has 1 amide bonds. The number of fused-ring (bicyclic) bond motifs is 1. The molecule has 2 aliphatic rings. The molecule has 5 N–H and O–H groups in total. The van der Waals surface area contributed by atoms with Crippen molar-refractivity contribution in [2.75, 3.05) is 23.8 Å². The smallest absolute Gasteiger partial charge is 0.256 e. The van der Waals surface area contributed by atoms with E-state index in [1.54, 1.807) is 0 Å². The number of hydrogen-bond donors (Lipinski definition) is 5. The summed E-state index contributed by atoms with van der Waals surface area (Å²) in [5.41, 5.74) is 5.85. The molecular weight excluding hydrogens is 378 g/mol. The Morgan fingerprint density at radius 2 is 1.83 bits per heavy atom. The van der Waals surface area contributed by atoms with Crippen LogP contribution in [0, 0.1) is 0 Å². The molecule has 0 radical (unpaired) electrons. The van der Waals surface area contributed by atoms with Gasteiger partial charge in [-0.25, -0.2) is 0 Å². The van der Waals surface area contributed by atoms with E-state index in [4.69, 9.17) is 5.11 Å². The minimum atomic E-state index is -0.802. The van der Waals surface area contributed by atoms with E-state index in [2.05, 4.69) is 16.0 Å². The first-order valence-electron chi connectivity index (χ1n) is 9.75. The van der Waals surface area contributed by atoms with Crippen molar-refractivity contribution < 1.29 is 15.0 Å². The summed E-state index contributed by atoms with van der Waals surface area (Å²) >= 11 is 0. The highest BCUT2D eigenvalue weighted by atomic mass is 16.3. The lowest BCUT2D eigenvalue weighted by Gasteiger charge is -2.11. The van der Waals surface area contributed by atoms with Crippen molar-refractivity contribution in [2.24, 2.45) is 0 Å². The molecule has 0 spiro atoms. The van der Waals surface area contributed by atoms with E-state index < -0.39 is 6.10 Å². The van der Waals surface area contributed by atoms with Crippen LogP contribution in [0.15, 0.2) is 73.0 Å². The zero-order valence-electron chi connectivity index (χ0n) is 16.3. The van der Waals surface area contributed by atoms with Crippen LogP contribution < -0.4 is 16.0 Å². The molecule has 0 saturated carbocycles. The van der Waals surface area contributed by atoms with E-state index in [0.29, 0.717) is 5.57 Å². The Labute approximate surface area is 174 Å². The first kappa shape index (κ1) is 19.7. The van der Waals surface area contributed by atoms with Crippen LogP contribution in [0.3, 0.4) is 0 Å². The molecule has 6 heteroatoms. The molecule has 2 heterocycles. The van der Waals surface area contributed by atoms with Crippen molar-refractivity contribution in [3.63, 3.8) is 0 Å². The van der Waals surface area contributed by atoms with E-state index in [9.17, 15) is 9.90 Å². The molecule has 4 rings (SSSR count). The van der Waals surface area contributed by atoms with E-state index in [0.717, 1.165) is 33.8 Å². The minimum absolute atomic E-state index is 0.133. The van der Waals surface area contributed by atoms with Crippen molar-refractivity contribution in [2.45, 2.75) is 6.10 Å². The average Bonchev–Trinajstić information content (AvgIpc) is 2.94. The number of anilines is 2. The highest BCUT2D eigenvalue weighted by Crippen LogP contribution is 2.38. The van der Waals surface area contributed by atoms with Gasteiger partial charge in [0, 0.05) is 40.8 Å². The molecule has 2 aromatic carbocycles. The van der Waals surface area contributed by atoms with Gasteiger partial charge >= 0.3 is 0 Å². The summed E-state index contributed by atoms with van der Waals surface area (Å²) in [7, 11) is 0. The van der Waals surface area contributed by atoms with Gasteiger partial charge in [0.25, 0.3) is 5.91 Å². The maximum absolute atomic E-state index is 12.7. The number of amides is 1. The lowest BCUT2D eigenvalue weighted by molar-refractivity contribution is -0.110. The summed E-state index contributed by atoms with van der Waals surface area (Å²) in [5.74, 6) is -0.133. The quantitative estimate of drug-likeness (QED) is 0.480. The van der Waals surface area contributed by atoms with Gasteiger partial charge < -0.3 is 26.2 Å². The highest BCUT2D eigenvalue weighted by Gasteiger charge is 2.27. The van der Waals surface area contributed by atoms with Gasteiger partial charge in [-0.2, -0.15) is 0 Å². The molecule has 0 aromatic heterocycles. The average molecular weight is 401 g/mol. The Kier molecular flexibility index (Phi) is 5.79. The Balaban J connectivity index is 1.60. The lowest BCUT2D eigenvalue weighted by atomic mass is 10.00. The van der Waals surface area contributed by atoms with Crippen LogP contribution in [-0.2, 0) is 4.79 Å². The highest BCUT2D eigenvalue weighted by molar-refractivity contribution is 6.35. The van der Waals surface area contributed by atoms with Gasteiger partial charge in [0.05, 0.1) is 18.4 Å². The van der Waals surface area contributed by atoms with E-state index in [1.807, 2.05) is 79.0 Å². The molecular formula is C24H23N3O3. The van der Waals surface area contributed by atoms with Crippen molar-refractivity contribution in [3.8, 4) is 0 Å². The molecule has 6 nitrogen and oxygen atoms in total. The fourth-order valence-corrected chi connectivity index (χ4v) is 3.37. The van der Waals surface area contributed by atoms with E-state index in [-0.39, 0.29) is 19.1 Å². The first-order valence-corrected chi connectivity index (χ1v) is 9.75. The fourth-order valence-electron chi connectivity index (χ4n) is 3.37. The molecule has 30 heavy (non-hydrogen) atoms. The molecule has 2 aliphatic heterocycles. The molecule has 2 aromatic rings. The second kappa shape index (κ2) is 8.82. The largest absolute Gasteiger partial charge is 0.394 e. The normalized spacial score (nSPS) is 17.1. The maximum Gasteiger partial charge on any atom is 0.256 e. The molecule has 0 fully saturated rings. The molecule has 152 valence electrons. The summed E-state index contributed by atoms with van der Waals surface area (Å²) in [4.78, 5) is 12.7. The second-order valence-corrected chi connectivity index (χ2v) is 7.05. The van der Waals surface area contributed by atoms with Crippen LogP contribution in [0.25, 0.3) is 17.3 Å². The summed E-state index contributed by atoms with van der Waals surface area (Å²) in [5, 5.41) is 27.6.